The standard InChI is InChI=1S/C14H29N3O/c1-4-12(2)17(3)10-9-16-14(18)11-13-5-7-15-8-6-13/h12-13,15H,4-11H2,1-3H3,(H,16,18). The van der Waals surface area contributed by atoms with Gasteiger partial charge in [0.15, 0.2) is 0 Å². The van der Waals surface area contributed by atoms with Crippen LogP contribution < -0.4 is 10.6 Å². The molecule has 1 saturated heterocycles. The molecule has 0 bridgehead atoms. The molecule has 0 aromatic carbocycles. The van der Waals surface area contributed by atoms with Crippen LogP contribution in [0.15, 0.2) is 0 Å². The molecular weight excluding hydrogens is 226 g/mol. The fraction of sp³-hybridized carbons (Fsp3) is 0.929. The van der Waals surface area contributed by atoms with E-state index in [0.29, 0.717) is 18.4 Å². The Balaban J connectivity index is 2.09. The fourth-order valence-electron chi connectivity index (χ4n) is 2.32. The van der Waals surface area contributed by atoms with E-state index in [4.69, 9.17) is 0 Å². The second-order valence-electron chi connectivity index (χ2n) is 5.49. The molecule has 4 heteroatoms. The quantitative estimate of drug-likeness (QED) is 0.719. The van der Waals surface area contributed by atoms with Gasteiger partial charge in [0.05, 0.1) is 0 Å². The van der Waals surface area contributed by atoms with E-state index >= 15 is 0 Å². The van der Waals surface area contributed by atoms with Crippen molar-refractivity contribution in [3.05, 3.63) is 0 Å². The van der Waals surface area contributed by atoms with Gasteiger partial charge >= 0.3 is 0 Å². The average Bonchev–Trinajstić information content (AvgIpc) is 2.38. The van der Waals surface area contributed by atoms with Crippen molar-refractivity contribution in [3.63, 3.8) is 0 Å². The smallest absolute Gasteiger partial charge is 0.220 e. The minimum Gasteiger partial charge on any atom is -0.355 e. The molecule has 0 aliphatic carbocycles. The Morgan fingerprint density at radius 2 is 2.11 bits per heavy atom. The number of rotatable bonds is 7. The lowest BCUT2D eigenvalue weighted by molar-refractivity contribution is -0.122. The van der Waals surface area contributed by atoms with Crippen LogP contribution in [0, 0.1) is 5.92 Å². The van der Waals surface area contributed by atoms with Crippen molar-refractivity contribution in [1.29, 1.82) is 0 Å². The van der Waals surface area contributed by atoms with Crippen molar-refractivity contribution >= 4 is 5.91 Å². The first kappa shape index (κ1) is 15.4. The number of hydrogen-bond donors (Lipinski definition) is 2. The highest BCUT2D eigenvalue weighted by Gasteiger charge is 2.16. The van der Waals surface area contributed by atoms with Gasteiger partial charge in [0, 0.05) is 25.6 Å². The monoisotopic (exact) mass is 255 g/mol. The number of carbonyl (C=O) groups is 1. The number of nitrogens with one attached hydrogen (secondary N) is 2. The van der Waals surface area contributed by atoms with Crippen LogP contribution in [-0.4, -0.2) is 50.1 Å². The van der Waals surface area contributed by atoms with Crippen molar-refractivity contribution in [2.75, 3.05) is 33.2 Å². The first-order valence-corrected chi connectivity index (χ1v) is 7.31. The first-order chi connectivity index (χ1) is 8.63. The van der Waals surface area contributed by atoms with E-state index in [1.165, 1.54) is 0 Å². The third kappa shape index (κ3) is 5.83. The predicted molar refractivity (Wildman–Crippen MR) is 75.6 cm³/mol. The summed E-state index contributed by atoms with van der Waals surface area (Å²) in [6.07, 6.45) is 4.13. The van der Waals surface area contributed by atoms with Crippen molar-refractivity contribution in [2.45, 2.75) is 45.6 Å². The summed E-state index contributed by atoms with van der Waals surface area (Å²) in [6, 6.07) is 0.589. The highest BCUT2D eigenvalue weighted by Crippen LogP contribution is 2.15. The summed E-state index contributed by atoms with van der Waals surface area (Å²) in [5.41, 5.74) is 0. The molecule has 18 heavy (non-hydrogen) atoms. The lowest BCUT2D eigenvalue weighted by atomic mass is 9.94. The molecule has 4 nitrogen and oxygen atoms in total. The molecule has 1 atom stereocenters. The van der Waals surface area contributed by atoms with E-state index < -0.39 is 0 Å². The molecule has 2 N–H and O–H groups in total. The average molecular weight is 255 g/mol. The summed E-state index contributed by atoms with van der Waals surface area (Å²) in [5, 5.41) is 6.37. The number of amides is 1. The van der Waals surface area contributed by atoms with E-state index in [9.17, 15) is 4.79 Å². The third-order valence-corrected chi connectivity index (χ3v) is 4.06. The van der Waals surface area contributed by atoms with Gasteiger partial charge in [-0.2, -0.15) is 0 Å². The molecule has 1 fully saturated rings. The summed E-state index contributed by atoms with van der Waals surface area (Å²) < 4.78 is 0. The van der Waals surface area contributed by atoms with Gasteiger partial charge in [-0.3, -0.25) is 4.79 Å². The van der Waals surface area contributed by atoms with Crippen molar-refractivity contribution in [2.24, 2.45) is 5.92 Å². The summed E-state index contributed by atoms with van der Waals surface area (Å²) in [6.45, 7) is 8.24. The van der Waals surface area contributed by atoms with E-state index in [1.807, 2.05) is 0 Å². The Morgan fingerprint density at radius 3 is 2.72 bits per heavy atom. The Kier molecular flexibility index (Phi) is 7.28. The lowest BCUT2D eigenvalue weighted by Gasteiger charge is -2.24. The maximum absolute atomic E-state index is 11.8. The number of hydrogen-bond acceptors (Lipinski definition) is 3. The van der Waals surface area contributed by atoms with Gasteiger partial charge in [-0.05, 0) is 52.2 Å². The normalized spacial score (nSPS) is 18.9. The summed E-state index contributed by atoms with van der Waals surface area (Å²) >= 11 is 0. The van der Waals surface area contributed by atoms with Gasteiger partial charge in [-0.15, -0.1) is 0 Å². The molecule has 1 amide bonds. The van der Waals surface area contributed by atoms with Crippen LogP contribution in [0.25, 0.3) is 0 Å². The maximum atomic E-state index is 11.8. The zero-order valence-corrected chi connectivity index (χ0v) is 12.2. The van der Waals surface area contributed by atoms with Crippen LogP contribution >= 0.6 is 0 Å². The van der Waals surface area contributed by atoms with E-state index in [-0.39, 0.29) is 5.91 Å². The van der Waals surface area contributed by atoms with Crippen LogP contribution in [-0.2, 0) is 4.79 Å². The number of nitrogens with zero attached hydrogens (tertiary/aromatic N) is 1. The van der Waals surface area contributed by atoms with Crippen LogP contribution in [0.5, 0.6) is 0 Å². The van der Waals surface area contributed by atoms with Crippen LogP contribution in [0.1, 0.15) is 39.5 Å². The SMILES string of the molecule is CCC(C)N(C)CCNC(=O)CC1CCNCC1. The lowest BCUT2D eigenvalue weighted by Crippen LogP contribution is -2.38. The third-order valence-electron chi connectivity index (χ3n) is 4.06. The molecule has 1 rings (SSSR count). The van der Waals surface area contributed by atoms with Gasteiger partial charge in [-0.1, -0.05) is 6.92 Å². The van der Waals surface area contributed by atoms with Crippen molar-refractivity contribution in [3.8, 4) is 0 Å². The number of likely N-dealkylation sites (N-methyl/N-ethyl adjacent to an activating group) is 1. The molecule has 1 unspecified atom stereocenters. The van der Waals surface area contributed by atoms with Crippen molar-refractivity contribution < 1.29 is 4.79 Å². The molecule has 1 aliphatic heterocycles. The Bertz CT molecular complexity index is 239. The summed E-state index contributed by atoms with van der Waals surface area (Å²) in [5.74, 6) is 0.804. The summed E-state index contributed by atoms with van der Waals surface area (Å²) in [7, 11) is 2.12. The predicted octanol–water partition coefficient (Wildman–Crippen LogP) is 1.22. The van der Waals surface area contributed by atoms with Gasteiger partial charge in [0.2, 0.25) is 5.91 Å². The first-order valence-electron chi connectivity index (χ1n) is 7.31. The second kappa shape index (κ2) is 8.48. The van der Waals surface area contributed by atoms with E-state index in [2.05, 4.69) is 36.4 Å². The largest absolute Gasteiger partial charge is 0.355 e. The maximum Gasteiger partial charge on any atom is 0.220 e. The minimum atomic E-state index is 0.222. The number of piperidine rings is 1. The molecule has 0 aromatic rings. The Labute approximate surface area is 111 Å². The molecule has 106 valence electrons. The molecule has 1 aliphatic rings. The Hall–Kier alpha value is -0.610. The van der Waals surface area contributed by atoms with Crippen LogP contribution in [0.3, 0.4) is 0 Å². The number of carbonyl (C=O) groups excluding carboxylic acids is 1. The highest BCUT2D eigenvalue weighted by atomic mass is 16.1. The van der Waals surface area contributed by atoms with Crippen LogP contribution in [0.2, 0.25) is 0 Å². The Morgan fingerprint density at radius 1 is 1.44 bits per heavy atom. The van der Waals surface area contributed by atoms with E-state index in [1.54, 1.807) is 0 Å². The summed E-state index contributed by atoms with van der Waals surface area (Å²) in [4.78, 5) is 14.1. The molecule has 0 saturated carbocycles. The zero-order chi connectivity index (χ0) is 13.4. The fourth-order valence-corrected chi connectivity index (χ4v) is 2.32. The van der Waals surface area contributed by atoms with Gasteiger partial charge in [0.1, 0.15) is 0 Å². The molecule has 0 radical (unpaired) electrons. The van der Waals surface area contributed by atoms with Gasteiger partial charge in [0.25, 0.3) is 0 Å². The second-order valence-corrected chi connectivity index (χ2v) is 5.49. The van der Waals surface area contributed by atoms with Gasteiger partial charge in [-0.25, -0.2) is 0 Å². The highest BCUT2D eigenvalue weighted by molar-refractivity contribution is 5.76. The van der Waals surface area contributed by atoms with Gasteiger partial charge < -0.3 is 15.5 Å². The zero-order valence-electron chi connectivity index (χ0n) is 12.2. The van der Waals surface area contributed by atoms with Crippen molar-refractivity contribution in [1.82, 2.24) is 15.5 Å². The topological polar surface area (TPSA) is 44.4 Å². The van der Waals surface area contributed by atoms with Crippen LogP contribution in [0.4, 0.5) is 0 Å². The molecular formula is C14H29N3O. The molecule has 0 aromatic heterocycles. The molecule has 1 heterocycles. The van der Waals surface area contributed by atoms with E-state index in [0.717, 1.165) is 45.4 Å². The minimum absolute atomic E-state index is 0.222. The molecule has 0 spiro atoms.